The summed E-state index contributed by atoms with van der Waals surface area (Å²) in [6.45, 7) is 7.12. The van der Waals surface area contributed by atoms with Crippen molar-refractivity contribution in [3.05, 3.63) is 0 Å². The van der Waals surface area contributed by atoms with E-state index in [9.17, 15) is 0 Å². The maximum Gasteiger partial charge on any atom is 0.0510 e. The molecule has 0 bridgehead atoms. The molecule has 2 unspecified atom stereocenters. The van der Waals surface area contributed by atoms with Gasteiger partial charge in [-0.1, -0.05) is 6.92 Å². The molecule has 2 fully saturated rings. The van der Waals surface area contributed by atoms with Gasteiger partial charge in [0.2, 0.25) is 0 Å². The zero-order chi connectivity index (χ0) is 11.2. The molecular formula is C13H25NO2. The number of nitrogens with one attached hydrogen (secondary N) is 1. The van der Waals surface area contributed by atoms with Gasteiger partial charge in [0.05, 0.1) is 6.61 Å². The Morgan fingerprint density at radius 2 is 1.88 bits per heavy atom. The first-order chi connectivity index (χ1) is 7.90. The van der Waals surface area contributed by atoms with Gasteiger partial charge in [-0.05, 0) is 44.1 Å². The zero-order valence-corrected chi connectivity index (χ0v) is 10.4. The van der Waals surface area contributed by atoms with E-state index >= 15 is 0 Å². The second-order valence-electron chi connectivity index (χ2n) is 5.08. The Labute approximate surface area is 98.9 Å². The van der Waals surface area contributed by atoms with Crippen LogP contribution in [0.5, 0.6) is 0 Å². The number of hydrogen-bond donors (Lipinski definition) is 1. The van der Waals surface area contributed by atoms with E-state index in [-0.39, 0.29) is 0 Å². The van der Waals surface area contributed by atoms with E-state index in [1.807, 2.05) is 0 Å². The first kappa shape index (κ1) is 12.3. The van der Waals surface area contributed by atoms with Crippen molar-refractivity contribution in [3.63, 3.8) is 0 Å². The Balaban J connectivity index is 1.80. The molecule has 0 amide bonds. The quantitative estimate of drug-likeness (QED) is 0.777. The van der Waals surface area contributed by atoms with Gasteiger partial charge in [0, 0.05) is 25.9 Å². The van der Waals surface area contributed by atoms with E-state index in [0.29, 0.717) is 6.04 Å². The molecule has 0 aromatic rings. The van der Waals surface area contributed by atoms with E-state index < -0.39 is 0 Å². The van der Waals surface area contributed by atoms with Crippen LogP contribution in [0, 0.1) is 11.8 Å². The minimum absolute atomic E-state index is 0.663. The molecule has 2 rings (SSSR count). The topological polar surface area (TPSA) is 30.5 Å². The largest absolute Gasteiger partial charge is 0.381 e. The van der Waals surface area contributed by atoms with Crippen LogP contribution in [0.2, 0.25) is 0 Å². The predicted molar refractivity (Wildman–Crippen MR) is 64.6 cm³/mol. The summed E-state index contributed by atoms with van der Waals surface area (Å²) in [4.78, 5) is 0. The highest BCUT2D eigenvalue weighted by Gasteiger charge is 2.28. The molecule has 2 heterocycles. The van der Waals surface area contributed by atoms with Crippen LogP contribution in [0.25, 0.3) is 0 Å². The van der Waals surface area contributed by atoms with E-state index in [2.05, 4.69) is 12.2 Å². The Morgan fingerprint density at radius 1 is 1.12 bits per heavy atom. The van der Waals surface area contributed by atoms with Crippen molar-refractivity contribution in [1.82, 2.24) is 5.32 Å². The molecule has 0 aliphatic carbocycles. The summed E-state index contributed by atoms with van der Waals surface area (Å²) in [5, 5.41) is 3.65. The number of ether oxygens (including phenoxy) is 2. The molecule has 2 aliphatic heterocycles. The van der Waals surface area contributed by atoms with Gasteiger partial charge in [-0.3, -0.25) is 0 Å². The lowest BCUT2D eigenvalue weighted by Gasteiger charge is -2.30. The fourth-order valence-electron chi connectivity index (χ4n) is 2.92. The Bertz CT molecular complexity index is 186. The summed E-state index contributed by atoms with van der Waals surface area (Å²) in [6.07, 6.45) is 5.04. The molecule has 0 radical (unpaired) electrons. The normalized spacial score (nSPS) is 29.4. The monoisotopic (exact) mass is 227 g/mol. The minimum atomic E-state index is 0.663. The molecule has 0 spiro atoms. The van der Waals surface area contributed by atoms with Crippen LogP contribution in [-0.2, 0) is 9.47 Å². The molecule has 2 atom stereocenters. The summed E-state index contributed by atoms with van der Waals surface area (Å²) in [7, 11) is 0. The Hall–Kier alpha value is -0.120. The molecule has 0 aromatic heterocycles. The SMILES string of the molecule is CCNC(CC1CCOCC1)C1CCOC1. The van der Waals surface area contributed by atoms with Crippen molar-refractivity contribution >= 4 is 0 Å². The van der Waals surface area contributed by atoms with Gasteiger partial charge in [0.25, 0.3) is 0 Å². The molecule has 0 saturated carbocycles. The third-order valence-corrected chi connectivity index (χ3v) is 3.93. The van der Waals surface area contributed by atoms with Crippen LogP contribution in [-0.4, -0.2) is 39.0 Å². The van der Waals surface area contributed by atoms with Crippen molar-refractivity contribution < 1.29 is 9.47 Å². The van der Waals surface area contributed by atoms with Crippen molar-refractivity contribution in [1.29, 1.82) is 0 Å². The molecule has 2 aliphatic rings. The highest BCUT2D eigenvalue weighted by atomic mass is 16.5. The highest BCUT2D eigenvalue weighted by Crippen LogP contribution is 2.26. The second kappa shape index (κ2) is 6.58. The van der Waals surface area contributed by atoms with Crippen LogP contribution in [0.4, 0.5) is 0 Å². The molecule has 2 saturated heterocycles. The fourth-order valence-corrected chi connectivity index (χ4v) is 2.92. The molecular weight excluding hydrogens is 202 g/mol. The van der Waals surface area contributed by atoms with Crippen LogP contribution in [0.15, 0.2) is 0 Å². The first-order valence-electron chi connectivity index (χ1n) is 6.79. The molecule has 94 valence electrons. The smallest absolute Gasteiger partial charge is 0.0510 e. The van der Waals surface area contributed by atoms with Crippen LogP contribution < -0.4 is 5.32 Å². The van der Waals surface area contributed by atoms with Gasteiger partial charge in [-0.15, -0.1) is 0 Å². The second-order valence-corrected chi connectivity index (χ2v) is 5.08. The van der Waals surface area contributed by atoms with Gasteiger partial charge < -0.3 is 14.8 Å². The predicted octanol–water partition coefficient (Wildman–Crippen LogP) is 1.82. The Morgan fingerprint density at radius 3 is 2.50 bits per heavy atom. The lowest BCUT2D eigenvalue weighted by Crippen LogP contribution is -2.39. The van der Waals surface area contributed by atoms with Gasteiger partial charge in [-0.2, -0.15) is 0 Å². The maximum atomic E-state index is 5.51. The number of hydrogen-bond acceptors (Lipinski definition) is 3. The standard InChI is InChI=1S/C13H25NO2/c1-2-14-13(12-5-8-16-10-12)9-11-3-6-15-7-4-11/h11-14H,2-10H2,1H3. The average molecular weight is 227 g/mol. The first-order valence-corrected chi connectivity index (χ1v) is 6.79. The van der Waals surface area contributed by atoms with Crippen LogP contribution in [0.1, 0.15) is 32.6 Å². The molecule has 1 N–H and O–H groups in total. The summed E-state index contributed by atoms with van der Waals surface area (Å²) < 4.78 is 10.9. The molecule has 16 heavy (non-hydrogen) atoms. The van der Waals surface area contributed by atoms with E-state index in [0.717, 1.165) is 44.8 Å². The third-order valence-electron chi connectivity index (χ3n) is 3.93. The van der Waals surface area contributed by atoms with Crippen molar-refractivity contribution in [2.75, 3.05) is 33.0 Å². The zero-order valence-electron chi connectivity index (χ0n) is 10.4. The third kappa shape index (κ3) is 3.44. The maximum absolute atomic E-state index is 5.51. The lowest BCUT2D eigenvalue weighted by molar-refractivity contribution is 0.0573. The summed E-state index contributed by atoms with van der Waals surface area (Å²) in [5.74, 6) is 1.60. The average Bonchev–Trinajstić information content (AvgIpc) is 2.83. The van der Waals surface area contributed by atoms with Gasteiger partial charge in [0.15, 0.2) is 0 Å². The van der Waals surface area contributed by atoms with Gasteiger partial charge >= 0.3 is 0 Å². The minimum Gasteiger partial charge on any atom is -0.381 e. The number of rotatable bonds is 5. The van der Waals surface area contributed by atoms with Crippen molar-refractivity contribution in [2.45, 2.75) is 38.6 Å². The van der Waals surface area contributed by atoms with E-state index in [1.165, 1.54) is 25.7 Å². The van der Waals surface area contributed by atoms with Gasteiger partial charge in [0.1, 0.15) is 0 Å². The summed E-state index contributed by atoms with van der Waals surface area (Å²) in [5.41, 5.74) is 0. The lowest BCUT2D eigenvalue weighted by atomic mass is 9.86. The molecule has 0 aromatic carbocycles. The van der Waals surface area contributed by atoms with E-state index in [1.54, 1.807) is 0 Å². The van der Waals surface area contributed by atoms with Crippen molar-refractivity contribution in [3.8, 4) is 0 Å². The van der Waals surface area contributed by atoms with Crippen LogP contribution in [0.3, 0.4) is 0 Å². The van der Waals surface area contributed by atoms with Gasteiger partial charge in [-0.25, -0.2) is 0 Å². The molecule has 3 heteroatoms. The fraction of sp³-hybridized carbons (Fsp3) is 1.00. The molecule has 3 nitrogen and oxygen atoms in total. The Kier molecular flexibility index (Phi) is 5.07. The highest BCUT2D eigenvalue weighted by molar-refractivity contribution is 4.82. The summed E-state index contributed by atoms with van der Waals surface area (Å²) in [6, 6.07) is 0.663. The van der Waals surface area contributed by atoms with Crippen LogP contribution >= 0.6 is 0 Å². The van der Waals surface area contributed by atoms with Crippen molar-refractivity contribution in [2.24, 2.45) is 11.8 Å². The van der Waals surface area contributed by atoms with E-state index in [4.69, 9.17) is 9.47 Å². The summed E-state index contributed by atoms with van der Waals surface area (Å²) >= 11 is 0.